The molecule has 0 radical (unpaired) electrons. The fourth-order valence-electron chi connectivity index (χ4n) is 0. The molecule has 0 bridgehead atoms. The Morgan fingerprint density at radius 2 is 1.67 bits per heavy atom. The summed E-state index contributed by atoms with van der Waals surface area (Å²) in [6.45, 7) is -4.17. The van der Waals surface area contributed by atoms with Gasteiger partial charge in [-0.1, -0.05) is 0 Å². The van der Waals surface area contributed by atoms with Crippen LogP contribution < -0.4 is 29.6 Å². The average molecular weight is 140 g/mol. The van der Waals surface area contributed by atoms with Crippen molar-refractivity contribution < 1.29 is 45.3 Å². The maximum absolute atomic E-state index is 9.09. The van der Waals surface area contributed by atoms with E-state index in [9.17, 15) is 0 Å². The predicted molar refractivity (Wildman–Crippen MR) is 19.0 cm³/mol. The van der Waals surface area contributed by atoms with Crippen LogP contribution in [0.2, 0.25) is 0 Å². The van der Waals surface area contributed by atoms with Gasteiger partial charge in [-0.3, -0.25) is 0 Å². The Bertz CT molecular complexity index is 61.1. The van der Waals surface area contributed by atoms with Gasteiger partial charge in [-0.2, -0.15) is 0 Å². The smallest absolute Gasteiger partial charge is 1.00 e. The Balaban J connectivity index is -0.0000000800. The molecule has 2 N–H and O–H groups in total. The summed E-state index contributed by atoms with van der Waals surface area (Å²) in [7, 11) is 0. The number of halogens is 1. The molecule has 34 valence electrons. The molecule has 0 aromatic heterocycles. The third-order valence-electron chi connectivity index (χ3n) is 0. The topological polar surface area (TPSA) is 57.5 Å². The third-order valence-corrected chi connectivity index (χ3v) is 0. The minimum Gasteiger partial charge on any atom is -1.00 e. The van der Waals surface area contributed by atoms with Crippen LogP contribution in [0.4, 0.5) is 0 Å². The summed E-state index contributed by atoms with van der Waals surface area (Å²) in [5.74, 6) is 0. The van der Waals surface area contributed by atoms with Crippen LogP contribution in [0.1, 0.15) is 1.43 Å². The van der Waals surface area contributed by atoms with Crippen molar-refractivity contribution in [3.8, 4) is 0 Å². The maximum atomic E-state index is 9.09. The molecule has 0 saturated carbocycles. The van der Waals surface area contributed by atoms with Crippen LogP contribution in [0.3, 0.4) is 0 Å². The van der Waals surface area contributed by atoms with Gasteiger partial charge in [0.2, 0.25) is 0 Å². The van der Waals surface area contributed by atoms with Gasteiger partial charge < -0.3 is 11.2 Å². The van der Waals surface area contributed by atoms with Gasteiger partial charge >= 0.3 is 36.5 Å². The molecule has 0 rings (SSSR count). The molecule has 0 spiro atoms. The molecule has 0 fully saturated rings. The SMILES string of the molecule is O=P(O)(O)Cl.[H-].[Na+]. The van der Waals surface area contributed by atoms with Crippen LogP contribution in [0, 0.1) is 0 Å². The molecule has 0 aromatic carbocycles. The van der Waals surface area contributed by atoms with Crippen molar-refractivity contribution >= 4 is 18.2 Å². The Morgan fingerprint density at radius 3 is 1.67 bits per heavy atom. The van der Waals surface area contributed by atoms with Crippen molar-refractivity contribution in [1.29, 1.82) is 0 Å². The van der Waals surface area contributed by atoms with Crippen molar-refractivity contribution in [2.45, 2.75) is 0 Å². The molecule has 0 unspecified atom stereocenters. The quantitative estimate of drug-likeness (QED) is 0.287. The van der Waals surface area contributed by atoms with Crippen LogP contribution >= 0.6 is 18.2 Å². The molecule has 0 aliphatic heterocycles. The first-order chi connectivity index (χ1) is 2.00. The number of hydrogen-bond donors (Lipinski definition) is 2. The summed E-state index contributed by atoms with van der Waals surface area (Å²) >= 11 is 4.20. The fraction of sp³-hybridized carbons (Fsp3) is 0. The Labute approximate surface area is 63.4 Å². The van der Waals surface area contributed by atoms with Crippen molar-refractivity contribution in [2.24, 2.45) is 0 Å². The first-order valence-corrected chi connectivity index (χ1v) is 3.27. The van der Waals surface area contributed by atoms with E-state index < -0.39 is 6.95 Å². The van der Waals surface area contributed by atoms with E-state index in [1.807, 2.05) is 0 Å². The molecule has 0 aliphatic carbocycles. The number of rotatable bonds is 0. The monoisotopic (exact) mass is 140 g/mol. The molecule has 6 heavy (non-hydrogen) atoms. The minimum absolute atomic E-state index is 0. The number of hydrogen-bond acceptors (Lipinski definition) is 1. The summed E-state index contributed by atoms with van der Waals surface area (Å²) in [5.41, 5.74) is 0. The van der Waals surface area contributed by atoms with Gasteiger partial charge in [0, 0.05) is 11.2 Å². The standard InChI is InChI=1S/ClH2O3P.Na.H/c1-5(2,3)4;;/h(H2,2,3,4);;/q;+1;-1. The zero-order valence-corrected chi connectivity index (χ0v) is 6.78. The van der Waals surface area contributed by atoms with Crippen LogP contribution in [0.5, 0.6) is 0 Å². The van der Waals surface area contributed by atoms with Crippen molar-refractivity contribution in [3.05, 3.63) is 0 Å². The normalized spacial score (nSPS) is 9.83. The molecular weight excluding hydrogens is 137 g/mol. The molecule has 0 atom stereocenters. The Morgan fingerprint density at radius 1 is 1.67 bits per heavy atom. The van der Waals surface area contributed by atoms with Gasteiger partial charge in [0.05, 0.1) is 0 Å². The van der Waals surface area contributed by atoms with Crippen molar-refractivity contribution in [3.63, 3.8) is 0 Å². The Hall–Kier alpha value is 1.44. The van der Waals surface area contributed by atoms with Crippen LogP contribution in [-0.2, 0) is 4.57 Å². The molecule has 6 heteroatoms. The third kappa shape index (κ3) is 51.7. The van der Waals surface area contributed by atoms with E-state index >= 15 is 0 Å². The molecule has 0 saturated heterocycles. The van der Waals surface area contributed by atoms with E-state index in [2.05, 4.69) is 11.2 Å². The zero-order valence-electron chi connectivity index (χ0n) is 4.13. The Kier molecular flexibility index (Phi) is 5.98. The van der Waals surface area contributed by atoms with Crippen molar-refractivity contribution in [1.82, 2.24) is 0 Å². The first-order valence-electron chi connectivity index (χ1n) is 0.752. The second kappa shape index (κ2) is 3.44. The van der Waals surface area contributed by atoms with Gasteiger partial charge in [0.25, 0.3) is 0 Å². The first kappa shape index (κ1) is 10.4. The summed E-state index contributed by atoms with van der Waals surface area (Å²) in [4.78, 5) is 14.8. The van der Waals surface area contributed by atoms with Crippen LogP contribution in [0.15, 0.2) is 0 Å². The van der Waals surface area contributed by atoms with Gasteiger partial charge in [0.15, 0.2) is 0 Å². The van der Waals surface area contributed by atoms with Crippen molar-refractivity contribution in [2.75, 3.05) is 0 Å². The molecule has 3 nitrogen and oxygen atoms in total. The summed E-state index contributed by atoms with van der Waals surface area (Å²) in [6.07, 6.45) is 0. The van der Waals surface area contributed by atoms with Crippen LogP contribution in [0.25, 0.3) is 0 Å². The molecule has 0 aromatic rings. The summed E-state index contributed by atoms with van der Waals surface area (Å²) < 4.78 is 9.09. The fourth-order valence-corrected chi connectivity index (χ4v) is 0. The predicted octanol–water partition coefficient (Wildman–Crippen LogP) is -2.57. The molecular formula is H3ClNaO3P. The van der Waals surface area contributed by atoms with Gasteiger partial charge in [0.1, 0.15) is 0 Å². The van der Waals surface area contributed by atoms with Gasteiger partial charge in [-0.15, -0.1) is 0 Å². The van der Waals surface area contributed by atoms with E-state index in [4.69, 9.17) is 14.4 Å². The average Bonchev–Trinajstić information content (AvgIpc) is 0.722. The minimum atomic E-state index is -4.17. The van der Waals surface area contributed by atoms with E-state index in [0.717, 1.165) is 0 Å². The largest absolute Gasteiger partial charge is 1.00 e. The second-order valence-corrected chi connectivity index (χ2v) is 2.74. The summed E-state index contributed by atoms with van der Waals surface area (Å²) in [6, 6.07) is 0. The van der Waals surface area contributed by atoms with Gasteiger partial charge in [-0.25, -0.2) is 4.57 Å². The summed E-state index contributed by atoms with van der Waals surface area (Å²) in [5, 5.41) is 0. The van der Waals surface area contributed by atoms with Crippen LogP contribution in [-0.4, -0.2) is 9.79 Å². The molecule has 0 amide bonds. The molecule has 0 heterocycles. The van der Waals surface area contributed by atoms with E-state index in [1.54, 1.807) is 0 Å². The maximum Gasteiger partial charge on any atom is 1.00 e. The van der Waals surface area contributed by atoms with E-state index in [1.165, 1.54) is 0 Å². The zero-order chi connectivity index (χ0) is 4.50. The molecule has 0 aliphatic rings. The second-order valence-electron chi connectivity index (χ2n) is 0.473. The van der Waals surface area contributed by atoms with E-state index in [0.29, 0.717) is 0 Å². The van der Waals surface area contributed by atoms with Gasteiger partial charge in [-0.05, 0) is 0 Å². The van der Waals surface area contributed by atoms with E-state index in [-0.39, 0.29) is 31.0 Å².